The molecule has 0 bridgehead atoms. The second-order valence-corrected chi connectivity index (χ2v) is 1.84. The lowest BCUT2D eigenvalue weighted by molar-refractivity contribution is -0.672. The Balaban J connectivity index is 3.23. The summed E-state index contributed by atoms with van der Waals surface area (Å²) in [7, 11) is 0. The topological polar surface area (TPSA) is 63.6 Å². The molecule has 50 valence electrons. The van der Waals surface area contributed by atoms with Gasteiger partial charge in [-0.1, -0.05) is 0 Å². The van der Waals surface area contributed by atoms with Gasteiger partial charge in [-0.15, -0.1) is 0 Å². The van der Waals surface area contributed by atoms with E-state index in [1.807, 2.05) is 0 Å². The van der Waals surface area contributed by atoms with Gasteiger partial charge in [0.05, 0.1) is 0 Å². The van der Waals surface area contributed by atoms with Crippen molar-refractivity contribution in [3.8, 4) is 6.07 Å². The summed E-state index contributed by atoms with van der Waals surface area (Å²) >= 11 is 0. The van der Waals surface area contributed by atoms with Crippen LogP contribution in [-0.2, 0) is 0 Å². The Morgan fingerprint density at radius 1 is 1.70 bits per heavy atom. The lowest BCUT2D eigenvalue weighted by Gasteiger charge is -1.93. The van der Waals surface area contributed by atoms with Gasteiger partial charge in [-0.2, -0.15) is 5.26 Å². The smallest absolute Gasteiger partial charge is 0.321 e. The summed E-state index contributed by atoms with van der Waals surface area (Å²) in [6.45, 7) is 1.69. The van der Waals surface area contributed by atoms with Crippen LogP contribution in [0, 0.1) is 23.5 Å². The van der Waals surface area contributed by atoms with Crippen molar-refractivity contribution in [2.75, 3.05) is 0 Å². The number of aromatic nitrogens is 2. The normalized spacial score (nSPS) is 8.80. The Kier molecular flexibility index (Phi) is 1.50. The maximum absolute atomic E-state index is 10.7. The van der Waals surface area contributed by atoms with Crippen LogP contribution in [0.3, 0.4) is 0 Å². The molecule has 1 aromatic heterocycles. The number of rotatable bonds is 0. The molecule has 0 aliphatic heterocycles. The maximum Gasteiger partial charge on any atom is 0.321 e. The molecule has 1 rings (SSSR count). The molecule has 0 aliphatic carbocycles. The first-order chi connectivity index (χ1) is 4.74. The lowest BCUT2D eigenvalue weighted by atomic mass is 10.4. The molecule has 0 saturated heterocycles. The molecule has 1 aromatic rings. The third-order valence-corrected chi connectivity index (χ3v) is 1.05. The van der Waals surface area contributed by atoms with Crippen LogP contribution in [0.15, 0.2) is 12.1 Å². The van der Waals surface area contributed by atoms with E-state index in [9.17, 15) is 5.21 Å². The first-order valence-electron chi connectivity index (χ1n) is 2.71. The van der Waals surface area contributed by atoms with Crippen molar-refractivity contribution in [3.63, 3.8) is 0 Å². The van der Waals surface area contributed by atoms with E-state index in [2.05, 4.69) is 5.10 Å². The monoisotopic (exact) mass is 135 g/mol. The Morgan fingerprint density at radius 2 is 2.40 bits per heavy atom. The predicted molar refractivity (Wildman–Crippen MR) is 32.6 cm³/mol. The van der Waals surface area contributed by atoms with Gasteiger partial charge in [0.25, 0.3) is 0 Å². The van der Waals surface area contributed by atoms with Crippen molar-refractivity contribution in [3.05, 3.63) is 28.7 Å². The highest BCUT2D eigenvalue weighted by atomic mass is 16.5. The van der Waals surface area contributed by atoms with Gasteiger partial charge in [0.15, 0.2) is 6.07 Å². The average Bonchev–Trinajstić information content (AvgIpc) is 1.88. The molecule has 0 aromatic carbocycles. The minimum Gasteiger partial charge on any atom is -0.593 e. The molecule has 0 fully saturated rings. The van der Waals surface area contributed by atoms with Gasteiger partial charge in [0.1, 0.15) is 5.69 Å². The number of nitriles is 1. The molecule has 0 N–H and O–H groups in total. The Bertz CT molecular complexity index is 290. The van der Waals surface area contributed by atoms with E-state index in [0.717, 1.165) is 0 Å². The Morgan fingerprint density at radius 3 is 2.90 bits per heavy atom. The quantitative estimate of drug-likeness (QED) is 0.368. The van der Waals surface area contributed by atoms with Crippen molar-refractivity contribution < 1.29 is 4.85 Å². The van der Waals surface area contributed by atoms with Crippen LogP contribution >= 0.6 is 0 Å². The SMILES string of the molecule is Cc1ccc(C#N)[n+]([O-])n1. The van der Waals surface area contributed by atoms with Gasteiger partial charge < -0.3 is 5.21 Å². The van der Waals surface area contributed by atoms with Crippen LogP contribution in [0.1, 0.15) is 11.4 Å². The van der Waals surface area contributed by atoms with Crippen LogP contribution in [0.5, 0.6) is 0 Å². The highest BCUT2D eigenvalue weighted by Gasteiger charge is 2.02. The van der Waals surface area contributed by atoms with E-state index in [0.29, 0.717) is 10.5 Å². The summed E-state index contributed by atoms with van der Waals surface area (Å²) in [4.78, 5) is 0.315. The molecule has 0 saturated carbocycles. The first-order valence-corrected chi connectivity index (χ1v) is 2.71. The van der Waals surface area contributed by atoms with Crippen LogP contribution in [0.25, 0.3) is 0 Å². The van der Waals surface area contributed by atoms with Crippen LogP contribution in [0.4, 0.5) is 0 Å². The van der Waals surface area contributed by atoms with Gasteiger partial charge in [-0.05, 0) is 17.8 Å². The summed E-state index contributed by atoms with van der Waals surface area (Å²) in [5, 5.41) is 22.4. The Labute approximate surface area is 57.9 Å². The summed E-state index contributed by atoms with van der Waals surface area (Å²) in [6.07, 6.45) is 0. The molecule has 10 heavy (non-hydrogen) atoms. The van der Waals surface area contributed by atoms with E-state index in [4.69, 9.17) is 5.26 Å². The Hall–Kier alpha value is -1.63. The van der Waals surface area contributed by atoms with Crippen molar-refractivity contribution in [1.82, 2.24) is 5.10 Å². The maximum atomic E-state index is 10.7. The van der Waals surface area contributed by atoms with E-state index in [1.54, 1.807) is 19.1 Å². The van der Waals surface area contributed by atoms with E-state index >= 15 is 0 Å². The minimum absolute atomic E-state index is 0.0191. The summed E-state index contributed by atoms with van der Waals surface area (Å²) < 4.78 is 0. The molecule has 1 heterocycles. The molecule has 4 heteroatoms. The number of nitrogens with zero attached hydrogens (tertiary/aromatic N) is 3. The largest absolute Gasteiger partial charge is 0.593 e. The molecule has 0 spiro atoms. The van der Waals surface area contributed by atoms with Crippen molar-refractivity contribution in [2.24, 2.45) is 0 Å². The van der Waals surface area contributed by atoms with Gasteiger partial charge in [-0.3, -0.25) is 0 Å². The lowest BCUT2D eigenvalue weighted by Crippen LogP contribution is -2.35. The summed E-state index contributed by atoms with van der Waals surface area (Å²) in [5.74, 6) is 0. The molecule has 0 amide bonds. The molecule has 4 nitrogen and oxygen atoms in total. The van der Waals surface area contributed by atoms with Crippen LogP contribution < -0.4 is 4.85 Å². The van der Waals surface area contributed by atoms with Gasteiger partial charge >= 0.3 is 5.69 Å². The summed E-state index contributed by atoms with van der Waals surface area (Å²) in [5.41, 5.74) is 0.625. The van der Waals surface area contributed by atoms with Crippen molar-refractivity contribution in [1.29, 1.82) is 5.26 Å². The van der Waals surface area contributed by atoms with Gasteiger partial charge in [-0.25, -0.2) is 0 Å². The highest BCUT2D eigenvalue weighted by Crippen LogP contribution is 1.89. The standard InChI is InChI=1S/C6H5N3O/c1-5-2-3-6(4-7)9(10)8-5/h2-3H,1H3. The zero-order valence-corrected chi connectivity index (χ0v) is 5.40. The summed E-state index contributed by atoms with van der Waals surface area (Å²) in [6, 6.07) is 4.77. The van der Waals surface area contributed by atoms with Crippen molar-refractivity contribution >= 4 is 0 Å². The minimum atomic E-state index is 0.0191. The second kappa shape index (κ2) is 2.31. The molecule has 0 radical (unpaired) electrons. The van der Waals surface area contributed by atoms with Gasteiger partial charge in [0, 0.05) is 11.2 Å². The molecule has 0 aliphatic rings. The van der Waals surface area contributed by atoms with E-state index in [1.165, 1.54) is 6.07 Å². The van der Waals surface area contributed by atoms with Crippen LogP contribution in [0.2, 0.25) is 0 Å². The first kappa shape index (κ1) is 6.49. The van der Waals surface area contributed by atoms with Gasteiger partial charge in [0.2, 0.25) is 0 Å². The van der Waals surface area contributed by atoms with Crippen LogP contribution in [-0.4, -0.2) is 5.10 Å². The fourth-order valence-electron chi connectivity index (χ4n) is 0.574. The molecule has 0 unspecified atom stereocenters. The zero-order valence-electron chi connectivity index (χ0n) is 5.40. The molecule has 0 atom stereocenters. The number of hydrogen-bond acceptors (Lipinski definition) is 3. The molecular formula is C6H5N3O. The third-order valence-electron chi connectivity index (χ3n) is 1.05. The highest BCUT2D eigenvalue weighted by molar-refractivity contribution is 5.14. The fraction of sp³-hybridized carbons (Fsp3) is 0.167. The van der Waals surface area contributed by atoms with Crippen molar-refractivity contribution in [2.45, 2.75) is 6.92 Å². The van der Waals surface area contributed by atoms with E-state index in [-0.39, 0.29) is 5.69 Å². The zero-order chi connectivity index (χ0) is 7.56. The number of hydrogen-bond donors (Lipinski definition) is 0. The third kappa shape index (κ3) is 1.03. The van der Waals surface area contributed by atoms with E-state index < -0.39 is 0 Å². The number of aryl methyl sites for hydroxylation is 1. The predicted octanol–water partition coefficient (Wildman–Crippen LogP) is -0.105. The molecular weight excluding hydrogens is 130 g/mol. The average molecular weight is 135 g/mol. The second-order valence-electron chi connectivity index (χ2n) is 1.84. The fourth-order valence-corrected chi connectivity index (χ4v) is 0.574.